The molecule has 0 bridgehead atoms. The highest BCUT2D eigenvalue weighted by molar-refractivity contribution is 5.23. The molecular weight excluding hydrogens is 247 g/mol. The molecule has 102 valence electrons. The molecule has 0 heterocycles. The second-order valence-corrected chi connectivity index (χ2v) is 3.67. The van der Waals surface area contributed by atoms with Gasteiger partial charge in [-0.15, -0.1) is 0 Å². The third-order valence-corrected chi connectivity index (χ3v) is 2.51. The van der Waals surface area contributed by atoms with E-state index in [1.807, 2.05) is 0 Å². The van der Waals surface area contributed by atoms with E-state index in [1.165, 1.54) is 13.2 Å². The SMILES string of the molecule is CNC(COCCOC)c1ccc(F)c(F)c1F. The van der Waals surface area contributed by atoms with Gasteiger partial charge in [0.15, 0.2) is 17.5 Å². The van der Waals surface area contributed by atoms with Gasteiger partial charge in [0, 0.05) is 12.7 Å². The van der Waals surface area contributed by atoms with Gasteiger partial charge in [0.25, 0.3) is 0 Å². The predicted octanol–water partition coefficient (Wildman–Crippen LogP) is 2.03. The van der Waals surface area contributed by atoms with Crippen molar-refractivity contribution in [3.63, 3.8) is 0 Å². The minimum atomic E-state index is -1.47. The number of rotatable bonds is 7. The average molecular weight is 263 g/mol. The van der Waals surface area contributed by atoms with Crippen LogP contribution in [0.4, 0.5) is 13.2 Å². The van der Waals surface area contributed by atoms with Gasteiger partial charge in [-0.25, -0.2) is 13.2 Å². The highest BCUT2D eigenvalue weighted by atomic mass is 19.2. The molecular formula is C12H16F3NO2. The molecule has 6 heteroatoms. The molecule has 0 aliphatic heterocycles. The van der Waals surface area contributed by atoms with E-state index < -0.39 is 23.5 Å². The fraction of sp³-hybridized carbons (Fsp3) is 0.500. The maximum absolute atomic E-state index is 13.5. The Kier molecular flexibility index (Phi) is 6.11. The molecule has 0 aromatic heterocycles. The van der Waals surface area contributed by atoms with E-state index in [0.29, 0.717) is 13.2 Å². The van der Waals surface area contributed by atoms with Crippen LogP contribution in [0.2, 0.25) is 0 Å². The van der Waals surface area contributed by atoms with Crippen molar-refractivity contribution in [1.29, 1.82) is 0 Å². The Labute approximate surface area is 104 Å². The lowest BCUT2D eigenvalue weighted by Gasteiger charge is -2.17. The molecule has 1 atom stereocenters. The number of likely N-dealkylation sites (N-methyl/N-ethyl adjacent to an activating group) is 1. The summed E-state index contributed by atoms with van der Waals surface area (Å²) < 4.78 is 49.5. The van der Waals surface area contributed by atoms with E-state index in [4.69, 9.17) is 9.47 Å². The lowest BCUT2D eigenvalue weighted by Crippen LogP contribution is -2.24. The van der Waals surface area contributed by atoms with Gasteiger partial charge < -0.3 is 14.8 Å². The van der Waals surface area contributed by atoms with Gasteiger partial charge in [-0.3, -0.25) is 0 Å². The molecule has 18 heavy (non-hydrogen) atoms. The summed E-state index contributed by atoms with van der Waals surface area (Å²) in [5.74, 6) is -3.86. The summed E-state index contributed by atoms with van der Waals surface area (Å²) in [7, 11) is 3.12. The van der Waals surface area contributed by atoms with Crippen LogP contribution < -0.4 is 5.32 Å². The Hall–Kier alpha value is -1.11. The molecule has 0 aliphatic carbocycles. The van der Waals surface area contributed by atoms with Crippen LogP contribution >= 0.6 is 0 Å². The monoisotopic (exact) mass is 263 g/mol. The number of methoxy groups -OCH3 is 1. The smallest absolute Gasteiger partial charge is 0.194 e. The number of ether oxygens (including phenoxy) is 2. The summed E-state index contributed by atoms with van der Waals surface area (Å²) in [6.45, 7) is 0.901. The first-order chi connectivity index (χ1) is 8.61. The second-order valence-electron chi connectivity index (χ2n) is 3.67. The molecule has 0 radical (unpaired) electrons. The molecule has 0 amide bonds. The largest absolute Gasteiger partial charge is 0.382 e. The van der Waals surface area contributed by atoms with Crippen molar-refractivity contribution in [3.05, 3.63) is 35.1 Å². The summed E-state index contributed by atoms with van der Waals surface area (Å²) in [5, 5.41) is 2.79. The summed E-state index contributed by atoms with van der Waals surface area (Å²) in [6, 6.07) is 1.55. The number of hydrogen-bond acceptors (Lipinski definition) is 3. The third-order valence-electron chi connectivity index (χ3n) is 2.51. The van der Waals surface area contributed by atoms with Crippen LogP contribution in [0.3, 0.4) is 0 Å². The van der Waals surface area contributed by atoms with Crippen LogP contribution in [0.5, 0.6) is 0 Å². The number of halogens is 3. The second kappa shape index (κ2) is 7.35. The quantitative estimate of drug-likeness (QED) is 0.603. The van der Waals surface area contributed by atoms with Gasteiger partial charge in [-0.05, 0) is 13.1 Å². The van der Waals surface area contributed by atoms with Crippen LogP contribution in [0.1, 0.15) is 11.6 Å². The van der Waals surface area contributed by atoms with E-state index in [1.54, 1.807) is 7.05 Å². The van der Waals surface area contributed by atoms with E-state index in [9.17, 15) is 13.2 Å². The molecule has 1 unspecified atom stereocenters. The number of hydrogen-bond donors (Lipinski definition) is 1. The fourth-order valence-corrected chi connectivity index (χ4v) is 1.48. The van der Waals surface area contributed by atoms with Crippen molar-refractivity contribution in [2.24, 2.45) is 0 Å². The Morgan fingerprint density at radius 2 is 1.89 bits per heavy atom. The van der Waals surface area contributed by atoms with Crippen molar-refractivity contribution in [2.45, 2.75) is 6.04 Å². The van der Waals surface area contributed by atoms with Crippen molar-refractivity contribution in [1.82, 2.24) is 5.32 Å². The van der Waals surface area contributed by atoms with Crippen LogP contribution in [0.15, 0.2) is 12.1 Å². The lowest BCUT2D eigenvalue weighted by molar-refractivity contribution is 0.0590. The molecule has 3 nitrogen and oxygen atoms in total. The summed E-state index contributed by atoms with van der Waals surface area (Å²) >= 11 is 0. The maximum Gasteiger partial charge on any atom is 0.194 e. The Bertz CT molecular complexity index is 388. The molecule has 1 rings (SSSR count). The molecule has 0 saturated carbocycles. The highest BCUT2D eigenvalue weighted by Gasteiger charge is 2.19. The van der Waals surface area contributed by atoms with Crippen molar-refractivity contribution in [2.75, 3.05) is 34.0 Å². The van der Waals surface area contributed by atoms with Crippen LogP contribution in [0, 0.1) is 17.5 Å². The standard InChI is InChI=1S/C12H16F3NO2/c1-16-10(7-18-6-5-17-2)8-3-4-9(13)12(15)11(8)14/h3-4,10,16H,5-7H2,1-2H3. The van der Waals surface area contributed by atoms with Gasteiger partial charge in [0.1, 0.15) is 0 Å². The van der Waals surface area contributed by atoms with Gasteiger partial charge in [0.2, 0.25) is 0 Å². The van der Waals surface area contributed by atoms with Gasteiger partial charge in [-0.2, -0.15) is 0 Å². The molecule has 0 fully saturated rings. The Morgan fingerprint density at radius 3 is 2.50 bits per heavy atom. The van der Waals surface area contributed by atoms with E-state index in [-0.39, 0.29) is 12.2 Å². The Morgan fingerprint density at radius 1 is 1.17 bits per heavy atom. The topological polar surface area (TPSA) is 30.5 Å². The van der Waals surface area contributed by atoms with Gasteiger partial charge in [0.05, 0.1) is 25.9 Å². The summed E-state index contributed by atoms with van der Waals surface area (Å²) in [4.78, 5) is 0. The number of nitrogens with one attached hydrogen (secondary N) is 1. The normalized spacial score (nSPS) is 12.7. The minimum Gasteiger partial charge on any atom is -0.382 e. The van der Waals surface area contributed by atoms with Crippen molar-refractivity contribution in [3.8, 4) is 0 Å². The lowest BCUT2D eigenvalue weighted by atomic mass is 10.1. The van der Waals surface area contributed by atoms with Crippen LogP contribution in [-0.4, -0.2) is 34.0 Å². The molecule has 1 aromatic rings. The van der Waals surface area contributed by atoms with E-state index in [2.05, 4.69) is 5.32 Å². The zero-order valence-electron chi connectivity index (χ0n) is 10.3. The Balaban J connectivity index is 2.73. The van der Waals surface area contributed by atoms with Gasteiger partial charge >= 0.3 is 0 Å². The summed E-state index contributed by atoms with van der Waals surface area (Å²) in [6.07, 6.45) is 0. The molecule has 0 aliphatic rings. The molecule has 1 aromatic carbocycles. The maximum atomic E-state index is 13.5. The number of benzene rings is 1. The first-order valence-electron chi connectivity index (χ1n) is 5.49. The molecule has 0 saturated heterocycles. The molecule has 1 N–H and O–H groups in total. The van der Waals surface area contributed by atoms with Gasteiger partial charge in [-0.1, -0.05) is 6.07 Å². The van der Waals surface area contributed by atoms with Crippen molar-refractivity contribution >= 4 is 0 Å². The fourth-order valence-electron chi connectivity index (χ4n) is 1.48. The first kappa shape index (κ1) is 14.9. The van der Waals surface area contributed by atoms with Crippen LogP contribution in [0.25, 0.3) is 0 Å². The highest BCUT2D eigenvalue weighted by Crippen LogP contribution is 2.21. The molecule has 0 spiro atoms. The zero-order valence-corrected chi connectivity index (χ0v) is 10.3. The zero-order chi connectivity index (χ0) is 13.5. The third kappa shape index (κ3) is 3.69. The predicted molar refractivity (Wildman–Crippen MR) is 60.8 cm³/mol. The van der Waals surface area contributed by atoms with Crippen molar-refractivity contribution < 1.29 is 22.6 Å². The minimum absolute atomic E-state index is 0.0359. The first-order valence-corrected chi connectivity index (χ1v) is 5.49. The van der Waals surface area contributed by atoms with Crippen LogP contribution in [-0.2, 0) is 9.47 Å². The van der Waals surface area contributed by atoms with E-state index in [0.717, 1.165) is 6.07 Å². The van der Waals surface area contributed by atoms with E-state index >= 15 is 0 Å². The summed E-state index contributed by atoms with van der Waals surface area (Å²) in [5.41, 5.74) is 0.0359. The average Bonchev–Trinajstić information content (AvgIpc) is 2.38.